The Balaban J connectivity index is 3.88. The smallest absolute Gasteiger partial charge is 0.370 e. The molecule has 0 aliphatic carbocycles. The molecule has 15 heavy (non-hydrogen) atoms. The summed E-state index contributed by atoms with van der Waals surface area (Å²) in [7, 11) is 1.55. The highest BCUT2D eigenvalue weighted by Crippen LogP contribution is 2.17. The summed E-state index contributed by atoms with van der Waals surface area (Å²) in [6.45, 7) is 4.73. The van der Waals surface area contributed by atoms with Crippen LogP contribution in [-0.2, 0) is 19.0 Å². The van der Waals surface area contributed by atoms with Crippen molar-refractivity contribution in [3.8, 4) is 0 Å². The molecule has 6 heteroatoms. The van der Waals surface area contributed by atoms with Crippen LogP contribution in [0.15, 0.2) is 0 Å². The van der Waals surface area contributed by atoms with E-state index in [0.717, 1.165) is 11.8 Å². The van der Waals surface area contributed by atoms with E-state index in [1.54, 1.807) is 7.11 Å². The van der Waals surface area contributed by atoms with Crippen molar-refractivity contribution < 1.29 is 23.8 Å². The lowest BCUT2D eigenvalue weighted by Crippen LogP contribution is -2.32. The molecule has 0 N–H and O–H groups in total. The van der Waals surface area contributed by atoms with Crippen molar-refractivity contribution in [1.82, 2.24) is 0 Å². The summed E-state index contributed by atoms with van der Waals surface area (Å²) in [5, 5.41) is -0.488. The molecule has 0 fully saturated rings. The van der Waals surface area contributed by atoms with Gasteiger partial charge < -0.3 is 14.2 Å². The van der Waals surface area contributed by atoms with Gasteiger partial charge in [-0.3, -0.25) is 4.79 Å². The molecule has 5 nitrogen and oxygen atoms in total. The molecule has 0 aromatic rings. The zero-order valence-electron chi connectivity index (χ0n) is 9.36. The predicted octanol–water partition coefficient (Wildman–Crippen LogP) is 1.80. The van der Waals surface area contributed by atoms with Gasteiger partial charge in [0, 0.05) is 33.6 Å². The average molecular weight is 236 g/mol. The Labute approximate surface area is 93.4 Å². The highest BCUT2D eigenvalue weighted by Gasteiger charge is 2.26. The summed E-state index contributed by atoms with van der Waals surface area (Å²) in [6, 6.07) is 0. The van der Waals surface area contributed by atoms with Crippen LogP contribution in [0, 0.1) is 0 Å². The fourth-order valence-corrected chi connectivity index (χ4v) is 1.48. The molecule has 0 unspecified atom stereocenters. The van der Waals surface area contributed by atoms with E-state index in [-0.39, 0.29) is 0 Å². The van der Waals surface area contributed by atoms with Crippen molar-refractivity contribution >= 4 is 23.0 Å². The lowest BCUT2D eigenvalue weighted by atomic mass is 10.4. The fraction of sp³-hybridized carbons (Fsp3) is 0.778. The van der Waals surface area contributed by atoms with Gasteiger partial charge in [0.25, 0.3) is 5.79 Å². The van der Waals surface area contributed by atoms with Gasteiger partial charge in [-0.25, -0.2) is 4.79 Å². The van der Waals surface area contributed by atoms with Crippen LogP contribution in [-0.4, -0.2) is 36.5 Å². The Morgan fingerprint density at radius 2 is 1.87 bits per heavy atom. The van der Waals surface area contributed by atoms with E-state index in [1.165, 1.54) is 20.8 Å². The highest BCUT2D eigenvalue weighted by molar-refractivity contribution is 8.13. The fourth-order valence-electron chi connectivity index (χ4n) is 0.805. The quantitative estimate of drug-likeness (QED) is 0.412. The number of carbonyl (C=O) groups is 2. The number of hydrogen-bond acceptors (Lipinski definition) is 6. The molecule has 0 amide bonds. The van der Waals surface area contributed by atoms with Crippen molar-refractivity contribution in [2.45, 2.75) is 26.6 Å². The number of ether oxygens (including phenoxy) is 3. The van der Waals surface area contributed by atoms with Crippen LogP contribution in [0.5, 0.6) is 0 Å². The van der Waals surface area contributed by atoms with E-state index in [4.69, 9.17) is 14.2 Å². The first kappa shape index (κ1) is 14.2. The van der Waals surface area contributed by atoms with Crippen LogP contribution >= 0.6 is 11.8 Å². The van der Waals surface area contributed by atoms with E-state index >= 15 is 0 Å². The standard InChI is InChI=1S/C9H16O5S/c1-7(10)13-9(2,3)14-8(11)15-6-5-12-4/h5-6H2,1-4H3. The SMILES string of the molecule is COCCSC(=O)OC(C)(C)OC(C)=O. The van der Waals surface area contributed by atoms with Crippen molar-refractivity contribution in [2.75, 3.05) is 19.5 Å². The van der Waals surface area contributed by atoms with Crippen LogP contribution in [0.25, 0.3) is 0 Å². The molecule has 0 radical (unpaired) electrons. The molecule has 0 aliphatic rings. The third-order valence-electron chi connectivity index (χ3n) is 1.23. The molecule has 0 saturated heterocycles. The molecule has 0 rings (SSSR count). The van der Waals surface area contributed by atoms with Crippen LogP contribution < -0.4 is 0 Å². The molecule has 0 atom stereocenters. The summed E-state index contributed by atoms with van der Waals surface area (Å²) in [6.07, 6.45) is 0. The van der Waals surface area contributed by atoms with Crippen LogP contribution in [0.4, 0.5) is 4.79 Å². The number of esters is 1. The highest BCUT2D eigenvalue weighted by atomic mass is 32.2. The number of carbonyl (C=O) groups excluding carboxylic acids is 2. The molecule has 0 aromatic heterocycles. The minimum atomic E-state index is -1.22. The van der Waals surface area contributed by atoms with Gasteiger partial charge in [-0.05, 0) is 11.8 Å². The maximum atomic E-state index is 11.2. The Bertz CT molecular complexity index is 227. The third kappa shape index (κ3) is 8.26. The normalized spacial score (nSPS) is 10.9. The van der Waals surface area contributed by atoms with E-state index in [2.05, 4.69) is 0 Å². The summed E-state index contributed by atoms with van der Waals surface area (Å²) in [5.74, 6) is -1.20. The monoisotopic (exact) mass is 236 g/mol. The van der Waals surface area contributed by atoms with Gasteiger partial charge in [-0.2, -0.15) is 0 Å². The second-order valence-corrected chi connectivity index (χ2v) is 4.22. The molecule has 0 aromatic carbocycles. The Hall–Kier alpha value is -0.750. The number of thioether (sulfide) groups is 1. The van der Waals surface area contributed by atoms with Gasteiger partial charge in [0.1, 0.15) is 0 Å². The minimum Gasteiger partial charge on any atom is -0.423 e. The first-order valence-electron chi connectivity index (χ1n) is 4.41. The minimum absolute atomic E-state index is 0.466. The lowest BCUT2D eigenvalue weighted by Gasteiger charge is -2.23. The Morgan fingerprint density at radius 3 is 2.33 bits per heavy atom. The molecule has 0 heterocycles. The molecular weight excluding hydrogens is 220 g/mol. The maximum Gasteiger partial charge on any atom is 0.370 e. The summed E-state index contributed by atoms with van der Waals surface area (Å²) < 4.78 is 14.5. The zero-order valence-corrected chi connectivity index (χ0v) is 10.2. The van der Waals surface area contributed by atoms with Gasteiger partial charge in [-0.15, -0.1) is 0 Å². The van der Waals surface area contributed by atoms with Crippen LogP contribution in [0.1, 0.15) is 20.8 Å². The van der Waals surface area contributed by atoms with Crippen LogP contribution in [0.3, 0.4) is 0 Å². The van der Waals surface area contributed by atoms with E-state index in [0.29, 0.717) is 12.4 Å². The number of rotatable bonds is 5. The van der Waals surface area contributed by atoms with Gasteiger partial charge in [0.2, 0.25) is 0 Å². The van der Waals surface area contributed by atoms with Gasteiger partial charge in [0.05, 0.1) is 6.61 Å². The molecule has 0 bridgehead atoms. The lowest BCUT2D eigenvalue weighted by molar-refractivity contribution is -0.189. The third-order valence-corrected chi connectivity index (χ3v) is 1.92. The van der Waals surface area contributed by atoms with E-state index in [1.807, 2.05) is 0 Å². The predicted molar refractivity (Wildman–Crippen MR) is 56.7 cm³/mol. The van der Waals surface area contributed by atoms with Crippen LogP contribution in [0.2, 0.25) is 0 Å². The second-order valence-electron chi connectivity index (χ2n) is 3.19. The summed E-state index contributed by atoms with van der Waals surface area (Å²) >= 11 is 0.978. The van der Waals surface area contributed by atoms with Crippen molar-refractivity contribution in [3.05, 3.63) is 0 Å². The number of hydrogen-bond donors (Lipinski definition) is 0. The topological polar surface area (TPSA) is 61.8 Å². The largest absolute Gasteiger partial charge is 0.423 e. The molecule has 0 spiro atoms. The van der Waals surface area contributed by atoms with E-state index in [9.17, 15) is 9.59 Å². The van der Waals surface area contributed by atoms with Crippen molar-refractivity contribution in [3.63, 3.8) is 0 Å². The van der Waals surface area contributed by atoms with Gasteiger partial charge in [-0.1, -0.05) is 0 Å². The zero-order chi connectivity index (χ0) is 11.9. The number of methoxy groups -OCH3 is 1. The molecule has 0 aliphatic heterocycles. The maximum absolute atomic E-state index is 11.2. The second kappa shape index (κ2) is 6.68. The Kier molecular flexibility index (Phi) is 6.35. The van der Waals surface area contributed by atoms with E-state index < -0.39 is 17.1 Å². The Morgan fingerprint density at radius 1 is 1.27 bits per heavy atom. The molecule has 88 valence electrons. The molecule has 0 saturated carbocycles. The first-order chi connectivity index (χ1) is 6.87. The van der Waals surface area contributed by atoms with Gasteiger partial charge in [0.15, 0.2) is 0 Å². The summed E-state index contributed by atoms with van der Waals surface area (Å²) in [4.78, 5) is 21.9. The van der Waals surface area contributed by atoms with Crippen molar-refractivity contribution in [1.29, 1.82) is 0 Å². The molecular formula is C9H16O5S. The average Bonchev–Trinajstić information content (AvgIpc) is 2.00. The van der Waals surface area contributed by atoms with Crippen molar-refractivity contribution in [2.24, 2.45) is 0 Å². The summed E-state index contributed by atoms with van der Waals surface area (Å²) in [5.41, 5.74) is 0. The first-order valence-corrected chi connectivity index (χ1v) is 5.40. The van der Waals surface area contributed by atoms with Gasteiger partial charge >= 0.3 is 11.3 Å².